The van der Waals surface area contributed by atoms with Crippen LogP contribution in [0, 0.1) is 0 Å². The van der Waals surface area contributed by atoms with Gasteiger partial charge in [0.25, 0.3) is 5.91 Å². The molecule has 0 saturated heterocycles. The molecule has 29 heavy (non-hydrogen) atoms. The van der Waals surface area contributed by atoms with Crippen molar-refractivity contribution in [3.8, 4) is 0 Å². The van der Waals surface area contributed by atoms with Crippen LogP contribution in [0.1, 0.15) is 23.8 Å². The van der Waals surface area contributed by atoms with Crippen molar-refractivity contribution in [1.29, 1.82) is 0 Å². The lowest BCUT2D eigenvalue weighted by molar-refractivity contribution is 0.0945. The molecule has 1 amide bonds. The fourth-order valence-corrected chi connectivity index (χ4v) is 3.93. The molecule has 2 aromatic carbocycles. The number of hydrogen-bond donors (Lipinski definition) is 1. The fraction of sp³-hybridized carbons (Fsp3) is 0.304. The molecule has 0 spiro atoms. The molecule has 0 fully saturated rings. The fourth-order valence-electron chi connectivity index (χ4n) is 3.93. The van der Waals surface area contributed by atoms with Crippen molar-refractivity contribution in [2.45, 2.75) is 19.9 Å². The second-order valence-electron chi connectivity index (χ2n) is 7.38. The van der Waals surface area contributed by atoms with E-state index in [1.807, 2.05) is 7.05 Å². The largest absolute Gasteiger partial charge is 0.375 e. The van der Waals surface area contributed by atoms with E-state index in [4.69, 9.17) is 0 Å². The Morgan fingerprint density at radius 1 is 1.14 bits per heavy atom. The van der Waals surface area contributed by atoms with Crippen molar-refractivity contribution in [2.75, 3.05) is 25.0 Å². The number of amides is 1. The van der Waals surface area contributed by atoms with E-state index in [2.05, 4.69) is 76.2 Å². The number of nitrogens with one attached hydrogen (secondary N) is 1. The van der Waals surface area contributed by atoms with E-state index in [0.29, 0.717) is 12.2 Å². The second-order valence-corrected chi connectivity index (χ2v) is 7.38. The first-order valence-corrected chi connectivity index (χ1v) is 10.1. The van der Waals surface area contributed by atoms with Crippen LogP contribution in [-0.2, 0) is 13.6 Å². The molecule has 4 rings (SSSR count). The van der Waals surface area contributed by atoms with Crippen molar-refractivity contribution < 1.29 is 4.79 Å². The van der Waals surface area contributed by atoms with Crippen LogP contribution >= 0.6 is 0 Å². The van der Waals surface area contributed by atoms with Crippen LogP contribution in [0.25, 0.3) is 21.8 Å². The molecule has 0 aliphatic rings. The number of nitrogens with zero attached hydrogens (tertiary/aromatic N) is 4. The number of aryl methyl sites for hydroxylation is 2. The minimum atomic E-state index is -0.0820. The number of imidazole rings is 1. The maximum atomic E-state index is 12.2. The maximum absolute atomic E-state index is 12.2. The predicted molar refractivity (Wildman–Crippen MR) is 119 cm³/mol. The van der Waals surface area contributed by atoms with Gasteiger partial charge in [-0.1, -0.05) is 18.2 Å². The van der Waals surface area contributed by atoms with Crippen LogP contribution in [0.15, 0.2) is 55.0 Å². The number of carbonyl (C=O) groups excluding carboxylic acids is 1. The number of anilines is 1. The van der Waals surface area contributed by atoms with Gasteiger partial charge < -0.3 is 19.4 Å². The average Bonchev–Trinajstić information content (AvgIpc) is 3.31. The monoisotopic (exact) mass is 389 g/mol. The van der Waals surface area contributed by atoms with Gasteiger partial charge in [-0.05, 0) is 37.6 Å². The normalized spacial score (nSPS) is 11.3. The van der Waals surface area contributed by atoms with E-state index in [1.165, 1.54) is 27.5 Å². The van der Waals surface area contributed by atoms with E-state index >= 15 is 0 Å². The van der Waals surface area contributed by atoms with Gasteiger partial charge in [0.1, 0.15) is 5.69 Å². The summed E-state index contributed by atoms with van der Waals surface area (Å²) in [6.07, 6.45) is 4.09. The molecular weight excluding hydrogens is 362 g/mol. The van der Waals surface area contributed by atoms with Gasteiger partial charge in [-0.25, -0.2) is 4.98 Å². The van der Waals surface area contributed by atoms with E-state index in [0.717, 1.165) is 19.5 Å². The Morgan fingerprint density at radius 2 is 1.93 bits per heavy atom. The molecule has 0 bridgehead atoms. The summed E-state index contributed by atoms with van der Waals surface area (Å²) in [7, 11) is 3.92. The molecular formula is C23H27N5O. The number of aromatic nitrogens is 3. The third kappa shape index (κ3) is 3.58. The van der Waals surface area contributed by atoms with Crippen molar-refractivity contribution in [1.82, 2.24) is 19.4 Å². The molecule has 0 aliphatic carbocycles. The van der Waals surface area contributed by atoms with Gasteiger partial charge in [0.05, 0.1) is 12.5 Å². The Morgan fingerprint density at radius 3 is 2.69 bits per heavy atom. The standard InChI is InChI=1S/C23H27N5O/c1-4-28-20-9-6-5-8-18(20)19-14-17(10-11-21(19)28)26(2)13-7-12-25-23(29)22-15-24-16-27(22)3/h5-6,8-11,14-16H,4,7,12-13H2,1-3H3,(H,25,29). The highest BCUT2D eigenvalue weighted by atomic mass is 16.1. The molecule has 0 atom stereocenters. The summed E-state index contributed by atoms with van der Waals surface area (Å²) >= 11 is 0. The summed E-state index contributed by atoms with van der Waals surface area (Å²) in [5.74, 6) is -0.0820. The first-order chi connectivity index (χ1) is 14.1. The third-order valence-electron chi connectivity index (χ3n) is 5.52. The highest BCUT2D eigenvalue weighted by Gasteiger charge is 2.12. The molecule has 6 heteroatoms. The quantitative estimate of drug-likeness (QED) is 0.489. The first-order valence-electron chi connectivity index (χ1n) is 10.1. The Labute approximate surface area is 170 Å². The van der Waals surface area contributed by atoms with Gasteiger partial charge in [0, 0.05) is 61.2 Å². The number of fused-ring (bicyclic) bond motifs is 3. The van der Waals surface area contributed by atoms with Crippen molar-refractivity contribution >= 4 is 33.4 Å². The van der Waals surface area contributed by atoms with Gasteiger partial charge in [0.2, 0.25) is 0 Å². The lowest BCUT2D eigenvalue weighted by Gasteiger charge is -2.19. The minimum absolute atomic E-state index is 0.0820. The topological polar surface area (TPSA) is 55.1 Å². The maximum Gasteiger partial charge on any atom is 0.269 e. The lowest BCUT2D eigenvalue weighted by atomic mass is 10.1. The van der Waals surface area contributed by atoms with E-state index < -0.39 is 0 Å². The molecule has 2 aromatic heterocycles. The van der Waals surface area contributed by atoms with E-state index in [1.54, 1.807) is 17.1 Å². The zero-order valence-corrected chi connectivity index (χ0v) is 17.2. The first kappa shape index (κ1) is 19.1. The molecule has 4 aromatic rings. The van der Waals surface area contributed by atoms with Gasteiger partial charge in [-0.2, -0.15) is 0 Å². The van der Waals surface area contributed by atoms with Crippen LogP contribution < -0.4 is 10.2 Å². The zero-order chi connectivity index (χ0) is 20.4. The zero-order valence-electron chi connectivity index (χ0n) is 17.2. The molecule has 0 saturated carbocycles. The highest BCUT2D eigenvalue weighted by molar-refractivity contribution is 6.09. The average molecular weight is 390 g/mol. The van der Waals surface area contributed by atoms with Crippen LogP contribution in [0.5, 0.6) is 0 Å². The molecule has 6 nitrogen and oxygen atoms in total. The number of rotatable bonds is 7. The highest BCUT2D eigenvalue weighted by Crippen LogP contribution is 2.31. The number of carbonyl (C=O) groups is 1. The van der Waals surface area contributed by atoms with Gasteiger partial charge in [-0.3, -0.25) is 4.79 Å². The number of hydrogen-bond acceptors (Lipinski definition) is 3. The molecule has 0 radical (unpaired) electrons. The number of para-hydroxylation sites is 1. The van der Waals surface area contributed by atoms with Crippen molar-refractivity contribution in [3.63, 3.8) is 0 Å². The SMILES string of the molecule is CCn1c2ccccc2c2cc(N(C)CCCNC(=O)c3cncn3C)ccc21. The molecule has 2 heterocycles. The number of benzene rings is 2. The van der Waals surface area contributed by atoms with Crippen LogP contribution in [0.2, 0.25) is 0 Å². The molecule has 0 aliphatic heterocycles. The lowest BCUT2D eigenvalue weighted by Crippen LogP contribution is -2.29. The smallest absolute Gasteiger partial charge is 0.269 e. The van der Waals surface area contributed by atoms with Crippen molar-refractivity contribution in [2.24, 2.45) is 7.05 Å². The minimum Gasteiger partial charge on any atom is -0.375 e. The third-order valence-corrected chi connectivity index (χ3v) is 5.52. The van der Waals surface area contributed by atoms with Crippen LogP contribution in [0.3, 0.4) is 0 Å². The second kappa shape index (κ2) is 7.99. The van der Waals surface area contributed by atoms with Crippen LogP contribution in [0.4, 0.5) is 5.69 Å². The summed E-state index contributed by atoms with van der Waals surface area (Å²) in [5.41, 5.74) is 4.32. The Balaban J connectivity index is 1.43. The van der Waals surface area contributed by atoms with Gasteiger partial charge >= 0.3 is 0 Å². The van der Waals surface area contributed by atoms with Gasteiger partial charge in [-0.15, -0.1) is 0 Å². The Hall–Kier alpha value is -3.28. The summed E-state index contributed by atoms with van der Waals surface area (Å²) in [6, 6.07) is 15.3. The summed E-state index contributed by atoms with van der Waals surface area (Å²) in [6.45, 7) is 4.64. The van der Waals surface area contributed by atoms with Crippen LogP contribution in [-0.4, -0.2) is 40.2 Å². The Bertz CT molecular complexity index is 1160. The summed E-state index contributed by atoms with van der Waals surface area (Å²) in [4.78, 5) is 18.4. The van der Waals surface area contributed by atoms with E-state index in [9.17, 15) is 4.79 Å². The molecule has 0 unspecified atom stereocenters. The summed E-state index contributed by atoms with van der Waals surface area (Å²) < 4.78 is 4.09. The summed E-state index contributed by atoms with van der Waals surface area (Å²) in [5, 5.41) is 5.55. The van der Waals surface area contributed by atoms with E-state index in [-0.39, 0.29) is 5.91 Å². The van der Waals surface area contributed by atoms with Crippen molar-refractivity contribution in [3.05, 3.63) is 60.7 Å². The molecule has 1 N–H and O–H groups in total. The molecule has 150 valence electrons. The Kier molecular flexibility index (Phi) is 5.25. The van der Waals surface area contributed by atoms with Gasteiger partial charge in [0.15, 0.2) is 0 Å². The predicted octanol–water partition coefficient (Wildman–Crippen LogP) is 3.80.